The minimum absolute atomic E-state index is 0.0166. The second-order valence-corrected chi connectivity index (χ2v) is 18.7. The molecule has 1 aromatic heterocycles. The third kappa shape index (κ3) is 14.5. The van der Waals surface area contributed by atoms with E-state index in [1.165, 1.54) is 21.1 Å². The third-order valence-electron chi connectivity index (χ3n) is 12.3. The summed E-state index contributed by atoms with van der Waals surface area (Å²) in [6.45, 7) is -0.163. The molecular weight excluding hydrogens is 951 g/mol. The number of aliphatic carboxylic acids is 1. The Hall–Kier alpha value is -7.57. The van der Waals surface area contributed by atoms with Crippen molar-refractivity contribution in [2.75, 3.05) is 44.6 Å². The molecule has 0 aliphatic carbocycles. The van der Waals surface area contributed by atoms with E-state index in [1.807, 2.05) is 12.1 Å². The Morgan fingerprint density at radius 1 is 0.764 bits per heavy atom. The first kappa shape index (κ1) is 53.8. The van der Waals surface area contributed by atoms with Gasteiger partial charge in [-0.15, -0.1) is 11.3 Å². The second-order valence-electron chi connectivity index (χ2n) is 17.6. The highest BCUT2D eigenvalue weighted by Crippen LogP contribution is 2.37. The largest absolute Gasteiger partial charge is 0.480 e. The Morgan fingerprint density at radius 2 is 1.40 bits per heavy atom. The summed E-state index contributed by atoms with van der Waals surface area (Å²) < 4.78 is 7.21. The Bertz CT molecular complexity index is 2660. The van der Waals surface area contributed by atoms with Crippen LogP contribution in [0.1, 0.15) is 56.9 Å². The quantitative estimate of drug-likeness (QED) is 0.0139. The highest BCUT2D eigenvalue weighted by Gasteiger charge is 2.43. The molecule has 6 atom stereocenters. The summed E-state index contributed by atoms with van der Waals surface area (Å²) >= 11 is 1.38. The molecule has 386 valence electrons. The van der Waals surface area contributed by atoms with Gasteiger partial charge in [-0.1, -0.05) is 36.4 Å². The fraction of sp³-hybridized carbons (Fsp3) is 0.438. The predicted octanol–water partition coefficient (Wildman–Crippen LogP) is -0.438. The molecule has 3 aromatic carbocycles. The molecule has 0 unspecified atom stereocenters. The summed E-state index contributed by atoms with van der Waals surface area (Å²) in [7, 11) is 0. The standard InChI is InChI=1S/C48H63N13O10S/c49-32(10-4-18-54-47(50)51)43(66)61-21-7-13-37(61)44(67)60-20-6-12-36(60)42(65)56-25-40(63)58-34(22-27-8-2-1-3-9-27)41(64)59-35(26-62)46(70)71-29-15-17-31-30-16-14-28(23-38(30)72-39(31)24-29)57-33(45(68)69)11-5-19-55-48(52)53/h1-3,8-9,14-17,23-24,32-37,57,62H,4-7,10-13,18-22,25-26,49H2,(H,56,65)(H,58,63)(H,59,64)(H,68,69)(H4,50,51,54)(H4,52,53,55)/t32-,33-,34-,35-,36-,37-/m0/s1. The normalized spacial score (nSPS) is 17.0. The fourth-order valence-electron chi connectivity index (χ4n) is 8.74. The van der Waals surface area contributed by atoms with E-state index in [1.54, 1.807) is 54.6 Å². The SMILES string of the molecule is NC(N)=NCCC[C@H](Nc1ccc2c(c1)sc1cc(OC(=O)[C@H](CO)NC(=O)[C@H](Cc3ccccc3)NC(=O)CNC(=O)[C@@H]3CCCN3C(=O)[C@@H]3CCCN3C(=O)[C@@H](N)CCCN=C(N)N)ccc12)C(=O)O. The Labute approximate surface area is 418 Å². The van der Waals surface area contributed by atoms with Crippen molar-refractivity contribution in [2.45, 2.75) is 94.0 Å². The number of amides is 5. The number of benzene rings is 3. The Morgan fingerprint density at radius 3 is 2.07 bits per heavy atom. The first-order chi connectivity index (χ1) is 34.5. The molecule has 4 aromatic rings. The zero-order valence-corrected chi connectivity index (χ0v) is 40.5. The van der Waals surface area contributed by atoms with E-state index >= 15 is 0 Å². The van der Waals surface area contributed by atoms with E-state index in [0.29, 0.717) is 75.8 Å². The topological polar surface area (TPSA) is 379 Å². The fourth-order valence-corrected chi connectivity index (χ4v) is 9.91. The van der Waals surface area contributed by atoms with Crippen LogP contribution in [0, 0.1) is 0 Å². The molecule has 2 aliphatic heterocycles. The molecule has 2 aliphatic rings. The molecule has 2 saturated heterocycles. The van der Waals surface area contributed by atoms with Crippen molar-refractivity contribution in [3.05, 3.63) is 72.3 Å². The van der Waals surface area contributed by atoms with Gasteiger partial charge in [0.2, 0.25) is 29.5 Å². The molecule has 2 fully saturated rings. The molecule has 0 saturated carbocycles. The van der Waals surface area contributed by atoms with Crippen molar-refractivity contribution in [3.8, 4) is 5.75 Å². The number of aliphatic imine (C=N–C) groups is 2. The lowest BCUT2D eigenvalue weighted by molar-refractivity contribution is -0.147. The van der Waals surface area contributed by atoms with Gasteiger partial charge >= 0.3 is 11.9 Å². The molecule has 0 bridgehead atoms. The number of guanidine groups is 2. The monoisotopic (exact) mass is 1010 g/mol. The van der Waals surface area contributed by atoms with Gasteiger partial charge in [-0.2, -0.15) is 0 Å². The number of hydrogen-bond donors (Lipinski definition) is 11. The first-order valence-corrected chi connectivity index (χ1v) is 24.5. The molecule has 72 heavy (non-hydrogen) atoms. The van der Waals surface area contributed by atoms with Crippen LogP contribution in [0.3, 0.4) is 0 Å². The van der Waals surface area contributed by atoms with Gasteiger partial charge in [0, 0.05) is 58.5 Å². The van der Waals surface area contributed by atoms with Gasteiger partial charge < -0.3 is 74.7 Å². The highest BCUT2D eigenvalue weighted by molar-refractivity contribution is 7.25. The molecule has 23 nitrogen and oxygen atoms in total. The van der Waals surface area contributed by atoms with Gasteiger partial charge in [0.15, 0.2) is 18.0 Å². The van der Waals surface area contributed by atoms with Crippen molar-refractivity contribution in [2.24, 2.45) is 38.7 Å². The van der Waals surface area contributed by atoms with Crippen LogP contribution >= 0.6 is 11.3 Å². The number of carboxylic acids is 1. The van der Waals surface area contributed by atoms with Crippen LogP contribution in [-0.4, -0.2) is 149 Å². The van der Waals surface area contributed by atoms with Crippen molar-refractivity contribution in [1.82, 2.24) is 25.8 Å². The molecule has 0 spiro atoms. The summed E-state index contributed by atoms with van der Waals surface area (Å²) in [5.74, 6) is -4.87. The number of esters is 1. The average Bonchev–Trinajstić information content (AvgIpc) is 4.13. The number of carbonyl (C=O) groups is 7. The van der Waals surface area contributed by atoms with Crippen LogP contribution in [0.2, 0.25) is 0 Å². The van der Waals surface area contributed by atoms with Gasteiger partial charge in [-0.05, 0) is 87.3 Å². The van der Waals surface area contributed by atoms with Crippen molar-refractivity contribution < 1.29 is 48.5 Å². The van der Waals surface area contributed by atoms with Gasteiger partial charge in [0.25, 0.3) is 0 Å². The number of fused-ring (bicyclic) bond motifs is 3. The third-order valence-corrected chi connectivity index (χ3v) is 13.4. The van der Waals surface area contributed by atoms with E-state index in [4.69, 9.17) is 33.4 Å². The average molecular weight is 1010 g/mol. The number of hydrogen-bond acceptors (Lipinski definition) is 14. The van der Waals surface area contributed by atoms with E-state index in [-0.39, 0.29) is 48.9 Å². The van der Waals surface area contributed by atoms with Gasteiger partial charge in [-0.3, -0.25) is 34.0 Å². The number of aliphatic hydroxyl groups is 1. The van der Waals surface area contributed by atoms with Crippen LogP contribution in [-0.2, 0) is 40.0 Å². The van der Waals surface area contributed by atoms with E-state index in [0.717, 1.165) is 20.2 Å². The Kier molecular flexibility index (Phi) is 19.1. The number of anilines is 1. The predicted molar refractivity (Wildman–Crippen MR) is 271 cm³/mol. The number of nitrogens with one attached hydrogen (secondary N) is 4. The van der Waals surface area contributed by atoms with Crippen molar-refractivity contribution >= 4 is 90.6 Å². The maximum atomic E-state index is 13.9. The summed E-state index contributed by atoms with van der Waals surface area (Å²) in [5, 5.41) is 32.6. The molecule has 5 amide bonds. The summed E-state index contributed by atoms with van der Waals surface area (Å²) in [6, 6.07) is 13.0. The maximum Gasteiger partial charge on any atom is 0.336 e. The summed E-state index contributed by atoms with van der Waals surface area (Å²) in [4.78, 5) is 104. The Balaban J connectivity index is 1.05. The van der Waals surface area contributed by atoms with Crippen LogP contribution in [0.15, 0.2) is 76.7 Å². The number of aliphatic hydroxyl groups excluding tert-OH is 1. The zero-order chi connectivity index (χ0) is 51.9. The van der Waals surface area contributed by atoms with Crippen LogP contribution < -0.4 is 54.7 Å². The lowest BCUT2D eigenvalue weighted by atomic mass is 10.0. The molecule has 16 N–H and O–H groups in total. The smallest absolute Gasteiger partial charge is 0.336 e. The second kappa shape index (κ2) is 25.5. The molecule has 24 heteroatoms. The lowest BCUT2D eigenvalue weighted by Crippen LogP contribution is -2.57. The number of rotatable bonds is 24. The number of carbonyl (C=O) groups excluding carboxylic acids is 6. The first-order valence-electron chi connectivity index (χ1n) is 23.7. The molecule has 3 heterocycles. The van der Waals surface area contributed by atoms with Crippen LogP contribution in [0.25, 0.3) is 20.2 Å². The van der Waals surface area contributed by atoms with Crippen molar-refractivity contribution in [3.63, 3.8) is 0 Å². The lowest BCUT2D eigenvalue weighted by Gasteiger charge is -2.32. The molecular formula is C48H63N13O10S. The van der Waals surface area contributed by atoms with Gasteiger partial charge in [0.1, 0.15) is 29.9 Å². The van der Waals surface area contributed by atoms with E-state index in [2.05, 4.69) is 31.3 Å². The molecule has 6 rings (SSSR count). The molecule has 0 radical (unpaired) electrons. The number of nitrogens with zero attached hydrogens (tertiary/aromatic N) is 4. The highest BCUT2D eigenvalue weighted by atomic mass is 32.1. The van der Waals surface area contributed by atoms with Gasteiger partial charge in [0.05, 0.1) is 19.2 Å². The van der Waals surface area contributed by atoms with Crippen LogP contribution in [0.5, 0.6) is 5.75 Å². The number of nitrogens with two attached hydrogens (primary N) is 5. The maximum absolute atomic E-state index is 13.9. The number of carboxylic acid groups (broad SMARTS) is 1. The summed E-state index contributed by atoms with van der Waals surface area (Å²) in [6.07, 6.45) is 3.35. The number of thiophene rings is 1. The number of ether oxygens (including phenoxy) is 1. The van der Waals surface area contributed by atoms with E-state index in [9.17, 15) is 43.8 Å². The minimum Gasteiger partial charge on any atom is -0.480 e. The van der Waals surface area contributed by atoms with Gasteiger partial charge in [-0.25, -0.2) is 9.59 Å². The zero-order valence-electron chi connectivity index (χ0n) is 39.7. The van der Waals surface area contributed by atoms with Crippen LogP contribution in [0.4, 0.5) is 5.69 Å². The van der Waals surface area contributed by atoms with Crippen molar-refractivity contribution in [1.29, 1.82) is 0 Å². The minimum atomic E-state index is -1.54. The van der Waals surface area contributed by atoms with E-state index < -0.39 is 79.1 Å². The number of likely N-dealkylation sites (tertiary alicyclic amines) is 2. The summed E-state index contributed by atoms with van der Waals surface area (Å²) in [5.41, 5.74) is 28.9.